The summed E-state index contributed by atoms with van der Waals surface area (Å²) in [5, 5.41) is 5.95. The van der Waals surface area contributed by atoms with Gasteiger partial charge in [0.15, 0.2) is 0 Å². The number of nitrogens with one attached hydrogen (secondary N) is 1. The SMILES string of the molecule is Cc1cc(CC(=S)CN)c(C)c(CN2CCN(C(=O)C3CCC3)[C@@H](C)C2)c1.Cc1cc(CN2CCN(C(=O)C3CCC3)[C@@H](C)C2)c(C)c(N=C=S)c1.Cc1cc(N)c(C)c(CN2CCN(C(=O)C3CCC3)[C@@H](C)C2)c1.Cc1cc(N)c(C)c(CN2CCN[C@@H](C)C2)c1.Cl. The first-order chi connectivity index (χ1) is 43.9. The van der Waals surface area contributed by atoms with E-state index < -0.39 is 0 Å². The predicted octanol–water partition coefficient (Wildman–Crippen LogP) is 11.7. The first-order valence-corrected chi connectivity index (χ1v) is 35.5. The van der Waals surface area contributed by atoms with Crippen LogP contribution in [0.25, 0.3) is 0 Å². The van der Waals surface area contributed by atoms with E-state index in [0.717, 1.165) is 172 Å². The minimum Gasteiger partial charge on any atom is -0.398 e. The summed E-state index contributed by atoms with van der Waals surface area (Å²) < 4.78 is 0. The van der Waals surface area contributed by atoms with Crippen molar-refractivity contribution in [1.29, 1.82) is 0 Å². The summed E-state index contributed by atoms with van der Waals surface area (Å²) in [6.45, 7) is 41.5. The van der Waals surface area contributed by atoms with Gasteiger partial charge in [0.2, 0.25) is 17.7 Å². The van der Waals surface area contributed by atoms with Crippen molar-refractivity contribution in [2.45, 2.75) is 198 Å². The van der Waals surface area contributed by atoms with E-state index in [1.807, 2.05) is 6.07 Å². The molecule has 4 aliphatic heterocycles. The maximum absolute atomic E-state index is 12.6. The van der Waals surface area contributed by atoms with Gasteiger partial charge in [-0.25, -0.2) is 0 Å². The summed E-state index contributed by atoms with van der Waals surface area (Å²) in [5.41, 5.74) is 37.0. The Bertz CT molecular complexity index is 3270. The Labute approximate surface area is 575 Å². The number of nitrogen functional groups attached to an aromatic ring is 2. The lowest BCUT2D eigenvalue weighted by Gasteiger charge is -2.42. The summed E-state index contributed by atoms with van der Waals surface area (Å²) >= 11 is 10.1. The summed E-state index contributed by atoms with van der Waals surface area (Å²) in [5.74, 6) is 2.05. The molecule has 0 spiro atoms. The third-order valence-corrected chi connectivity index (χ3v) is 21.4. The summed E-state index contributed by atoms with van der Waals surface area (Å²) in [6.07, 6.45) is 10.9. The fourth-order valence-electron chi connectivity index (χ4n) is 14.4. The van der Waals surface area contributed by atoms with Gasteiger partial charge in [-0.2, -0.15) is 4.99 Å². The molecule has 4 heterocycles. The quantitative estimate of drug-likeness (QED) is 0.0503. The lowest BCUT2D eigenvalue weighted by atomic mass is 9.84. The number of carbonyl (C=O) groups is 3. The van der Waals surface area contributed by atoms with Gasteiger partial charge < -0.3 is 37.2 Å². The second-order valence-corrected chi connectivity index (χ2v) is 29.3. The number of nitrogens with two attached hydrogens (primary N) is 3. The van der Waals surface area contributed by atoms with E-state index in [0.29, 0.717) is 60.1 Å². The summed E-state index contributed by atoms with van der Waals surface area (Å²) in [6, 6.07) is 18.9. The van der Waals surface area contributed by atoms with Gasteiger partial charge in [-0.1, -0.05) is 67.4 Å². The number of hydrogen-bond donors (Lipinski definition) is 4. The van der Waals surface area contributed by atoms with E-state index in [2.05, 4.69) is 175 Å². The van der Waals surface area contributed by atoms with Crippen LogP contribution in [0.2, 0.25) is 0 Å². The molecule has 0 bridgehead atoms. The Morgan fingerprint density at radius 2 is 0.839 bits per heavy atom. The highest BCUT2D eigenvalue weighted by atomic mass is 35.5. The minimum absolute atomic E-state index is 0. The van der Waals surface area contributed by atoms with Crippen LogP contribution < -0.4 is 22.5 Å². The number of carbonyl (C=O) groups excluding carboxylic acids is 3. The molecule has 11 rings (SSSR count). The number of aliphatic imine (C=N–C) groups is 1. The molecule has 0 radical (unpaired) electrons. The van der Waals surface area contributed by atoms with E-state index >= 15 is 0 Å². The molecule has 0 unspecified atom stereocenters. The molecule has 4 atom stereocenters. The number of amides is 3. The van der Waals surface area contributed by atoms with Crippen LogP contribution in [0.15, 0.2) is 53.5 Å². The molecule has 4 saturated heterocycles. The average molecular weight is 1330 g/mol. The largest absolute Gasteiger partial charge is 0.398 e. The van der Waals surface area contributed by atoms with Gasteiger partial charge >= 0.3 is 0 Å². The van der Waals surface area contributed by atoms with E-state index in [-0.39, 0.29) is 18.4 Å². The Hall–Kier alpha value is -5.17. The van der Waals surface area contributed by atoms with Gasteiger partial charge in [-0.15, -0.1) is 12.4 Å². The number of benzene rings is 4. The Kier molecular flexibility index (Phi) is 28.5. The first-order valence-electron chi connectivity index (χ1n) is 34.6. The molecule has 510 valence electrons. The standard InChI is InChI=1S/C22H33N3OS.C20H27N3OS.C19H29N3O.C14H23N3.ClH/c1-15-9-19(11-21(27)12-23)17(3)20(10-15)14-24-7-8-25(16(2)13-24)22(26)18-5-4-6-18;1-14-9-18(16(3)19(10-14)21-13-25)12-22-7-8-23(15(2)11-22)20(24)17-5-4-6-17;1-13-9-17(15(3)18(20)10-13)12-21-7-8-22(14(2)11-21)19(23)16-5-4-6-16;1-10-6-13(12(3)14(15)7-10)9-17-5-4-16-11(2)8-17;/h9-10,16,18H,4-8,11-14,23H2,1-3H3;9-10,15,17H,4-8,11-12H2,1-3H3;9-10,14,16H,4-8,11-12,20H2,1-3H3;6-7,11,16H,4-5,8-9,15H2,1-3H3;1H/t16-;15-;14-;11-;/m0000./s1. The second-order valence-electron chi connectivity index (χ2n) is 28.5. The molecule has 3 saturated carbocycles. The molecule has 3 aliphatic carbocycles. The Morgan fingerprint density at radius 1 is 0.495 bits per heavy atom. The predicted molar refractivity (Wildman–Crippen MR) is 394 cm³/mol. The molecule has 3 amide bonds. The second kappa shape index (κ2) is 35.2. The number of nitrogens with zero attached hydrogens (tertiary/aromatic N) is 8. The van der Waals surface area contributed by atoms with E-state index in [1.165, 1.54) is 91.6 Å². The minimum atomic E-state index is 0. The molecular formula is C75H113ClN12O3S2. The van der Waals surface area contributed by atoms with Gasteiger partial charge in [0.05, 0.1) is 10.8 Å². The fourth-order valence-corrected chi connectivity index (χ4v) is 14.7. The molecule has 93 heavy (non-hydrogen) atoms. The highest BCUT2D eigenvalue weighted by Gasteiger charge is 2.37. The third-order valence-electron chi connectivity index (χ3n) is 21.0. The van der Waals surface area contributed by atoms with Gasteiger partial charge in [-0.3, -0.25) is 34.0 Å². The van der Waals surface area contributed by atoms with Crippen molar-refractivity contribution in [3.8, 4) is 0 Å². The third kappa shape index (κ3) is 20.4. The van der Waals surface area contributed by atoms with Crippen LogP contribution in [0.4, 0.5) is 17.1 Å². The normalized spacial score (nSPS) is 21.6. The fraction of sp³-hybridized carbons (Fsp3) is 0.613. The smallest absolute Gasteiger partial charge is 0.226 e. The molecule has 7 N–H and O–H groups in total. The van der Waals surface area contributed by atoms with E-state index in [9.17, 15) is 14.4 Å². The number of halogens is 1. The Morgan fingerprint density at radius 3 is 1.18 bits per heavy atom. The molecule has 4 aromatic carbocycles. The zero-order chi connectivity index (χ0) is 66.5. The van der Waals surface area contributed by atoms with Crippen LogP contribution in [0.3, 0.4) is 0 Å². The molecule has 15 nitrogen and oxygen atoms in total. The molecule has 7 aliphatic rings. The van der Waals surface area contributed by atoms with Crippen LogP contribution >= 0.6 is 36.8 Å². The highest BCUT2D eigenvalue weighted by Crippen LogP contribution is 2.34. The molecule has 0 aromatic heterocycles. The van der Waals surface area contributed by atoms with Gasteiger partial charge in [0, 0.05) is 176 Å². The average Bonchev–Trinajstić information content (AvgIpc) is 0.857. The van der Waals surface area contributed by atoms with Crippen LogP contribution in [0.5, 0.6) is 0 Å². The number of thiocarbonyl (C=S) groups is 2. The summed E-state index contributed by atoms with van der Waals surface area (Å²) in [7, 11) is 0. The van der Waals surface area contributed by atoms with Gasteiger partial charge in [0.25, 0.3) is 0 Å². The van der Waals surface area contributed by atoms with Gasteiger partial charge in [0.1, 0.15) is 0 Å². The number of aryl methyl sites for hydroxylation is 4. The number of hydrogen-bond acceptors (Lipinski definition) is 14. The zero-order valence-corrected chi connectivity index (χ0v) is 61.0. The van der Waals surface area contributed by atoms with Crippen LogP contribution in [-0.2, 0) is 47.0 Å². The summed E-state index contributed by atoms with van der Waals surface area (Å²) in [4.78, 5) is 59.0. The van der Waals surface area contributed by atoms with Crippen molar-refractivity contribution < 1.29 is 14.4 Å². The molecule has 4 aromatic rings. The van der Waals surface area contributed by atoms with Crippen molar-refractivity contribution in [2.24, 2.45) is 28.5 Å². The zero-order valence-electron chi connectivity index (χ0n) is 58.5. The molecule has 7 fully saturated rings. The van der Waals surface area contributed by atoms with Crippen LogP contribution in [0, 0.1) is 73.1 Å². The molecular weight excluding hydrogens is 1220 g/mol. The lowest BCUT2D eigenvalue weighted by Crippen LogP contribution is -2.55. The number of isothiocyanates is 1. The van der Waals surface area contributed by atoms with Crippen molar-refractivity contribution in [1.82, 2.24) is 39.6 Å². The lowest BCUT2D eigenvalue weighted by molar-refractivity contribution is -0.143. The van der Waals surface area contributed by atoms with E-state index in [1.54, 1.807) is 0 Å². The van der Waals surface area contributed by atoms with Crippen LogP contribution in [0.1, 0.15) is 158 Å². The van der Waals surface area contributed by atoms with E-state index in [4.69, 9.17) is 41.6 Å². The monoisotopic (exact) mass is 1330 g/mol. The van der Waals surface area contributed by atoms with Crippen molar-refractivity contribution in [3.63, 3.8) is 0 Å². The topological polar surface area (TPSA) is 176 Å². The maximum atomic E-state index is 12.6. The molecule has 18 heteroatoms. The number of piperazine rings is 4. The maximum Gasteiger partial charge on any atom is 0.226 e. The highest BCUT2D eigenvalue weighted by molar-refractivity contribution is 7.80. The van der Waals surface area contributed by atoms with Gasteiger partial charge in [-0.05, 0) is 219 Å². The number of rotatable bonds is 15. The number of anilines is 2. The van der Waals surface area contributed by atoms with Crippen LogP contribution in [-0.4, -0.2) is 171 Å². The van der Waals surface area contributed by atoms with Crippen molar-refractivity contribution >= 4 is 81.7 Å². The Balaban J connectivity index is 0.000000177. The first kappa shape index (κ1) is 75.2. The van der Waals surface area contributed by atoms with Crippen molar-refractivity contribution in [3.05, 3.63) is 121 Å². The van der Waals surface area contributed by atoms with Crippen molar-refractivity contribution in [2.75, 3.05) is 96.5 Å².